The van der Waals surface area contributed by atoms with E-state index in [4.69, 9.17) is 4.74 Å². The molecule has 1 fully saturated rings. The largest absolute Gasteiger partial charge is 0.495 e. The van der Waals surface area contributed by atoms with Gasteiger partial charge in [-0.25, -0.2) is 4.98 Å². The van der Waals surface area contributed by atoms with E-state index in [0.29, 0.717) is 5.82 Å². The van der Waals surface area contributed by atoms with Gasteiger partial charge in [0.1, 0.15) is 11.6 Å². The third-order valence-corrected chi connectivity index (χ3v) is 4.63. The van der Waals surface area contributed by atoms with Crippen LogP contribution in [-0.2, 0) is 4.79 Å². The van der Waals surface area contributed by atoms with Crippen LogP contribution in [0.5, 0.6) is 5.75 Å². The minimum Gasteiger partial charge on any atom is -0.495 e. The summed E-state index contributed by atoms with van der Waals surface area (Å²) in [6.45, 7) is 0. The Hall–Kier alpha value is -2.76. The van der Waals surface area contributed by atoms with E-state index in [2.05, 4.69) is 15.6 Å². The van der Waals surface area contributed by atoms with Crippen molar-refractivity contribution < 1.29 is 9.53 Å². The smallest absolute Gasteiger partial charge is 0.214 e. The van der Waals surface area contributed by atoms with Gasteiger partial charge in [-0.3, -0.25) is 4.79 Å². The number of para-hydroxylation sites is 2. The highest BCUT2D eigenvalue weighted by Crippen LogP contribution is 2.34. The molecule has 2 aromatic rings. The first-order valence-corrected chi connectivity index (χ1v) is 8.58. The predicted octanol–water partition coefficient (Wildman–Crippen LogP) is 3.78. The number of amides is 1. The van der Waals surface area contributed by atoms with Crippen molar-refractivity contribution in [3.05, 3.63) is 36.5 Å². The lowest BCUT2D eigenvalue weighted by molar-refractivity contribution is -0.107. The van der Waals surface area contributed by atoms with E-state index >= 15 is 0 Å². The number of nitrogens with one attached hydrogen (secondary N) is 2. The normalized spacial score (nSPS) is 14.2. The van der Waals surface area contributed by atoms with Crippen molar-refractivity contribution in [2.24, 2.45) is 0 Å². The van der Waals surface area contributed by atoms with E-state index in [1.807, 2.05) is 42.3 Å². The molecule has 1 aliphatic carbocycles. The summed E-state index contributed by atoms with van der Waals surface area (Å²) in [5, 5.41) is 6.41. The van der Waals surface area contributed by atoms with Gasteiger partial charge in [-0.15, -0.1) is 0 Å². The highest BCUT2D eigenvalue weighted by atomic mass is 16.5. The van der Waals surface area contributed by atoms with Gasteiger partial charge in [0.15, 0.2) is 0 Å². The van der Waals surface area contributed by atoms with E-state index in [1.54, 1.807) is 13.3 Å². The third kappa shape index (κ3) is 3.68. The monoisotopic (exact) mass is 340 g/mol. The second-order valence-corrected chi connectivity index (χ2v) is 6.11. The van der Waals surface area contributed by atoms with Gasteiger partial charge in [0, 0.05) is 19.2 Å². The molecular formula is C19H24N4O2. The number of carbonyl (C=O) groups excluding carboxylic acids is 1. The number of pyridine rings is 1. The Labute approximate surface area is 148 Å². The Bertz CT molecular complexity index is 729. The molecule has 6 heteroatoms. The molecule has 1 saturated carbocycles. The van der Waals surface area contributed by atoms with Crippen LogP contribution in [0, 0.1) is 0 Å². The van der Waals surface area contributed by atoms with Gasteiger partial charge in [-0.1, -0.05) is 25.0 Å². The molecule has 0 atom stereocenters. The van der Waals surface area contributed by atoms with E-state index in [0.717, 1.165) is 42.1 Å². The molecule has 1 heterocycles. The van der Waals surface area contributed by atoms with Gasteiger partial charge in [0.2, 0.25) is 6.41 Å². The van der Waals surface area contributed by atoms with E-state index < -0.39 is 0 Å². The molecule has 3 rings (SSSR count). The topological polar surface area (TPSA) is 66.5 Å². The second-order valence-electron chi connectivity index (χ2n) is 6.11. The second kappa shape index (κ2) is 7.88. The number of rotatable bonds is 7. The lowest BCUT2D eigenvalue weighted by Crippen LogP contribution is -2.32. The number of hydrogen-bond donors (Lipinski definition) is 2. The Kier molecular flexibility index (Phi) is 5.38. The van der Waals surface area contributed by atoms with Crippen molar-refractivity contribution in [3.8, 4) is 5.75 Å². The molecule has 6 nitrogen and oxygen atoms in total. The molecule has 1 aromatic carbocycles. The van der Waals surface area contributed by atoms with Crippen LogP contribution in [0.25, 0.3) is 0 Å². The average Bonchev–Trinajstić information content (AvgIpc) is 3.17. The molecule has 0 saturated heterocycles. The van der Waals surface area contributed by atoms with Crippen LogP contribution in [0.4, 0.5) is 22.9 Å². The molecule has 0 radical (unpaired) electrons. The fraction of sp³-hybridized carbons (Fsp3) is 0.368. The Balaban J connectivity index is 1.92. The van der Waals surface area contributed by atoms with Gasteiger partial charge in [0.25, 0.3) is 0 Å². The molecule has 1 aromatic heterocycles. The van der Waals surface area contributed by atoms with Crippen molar-refractivity contribution in [2.45, 2.75) is 31.7 Å². The lowest BCUT2D eigenvalue weighted by atomic mass is 10.2. The summed E-state index contributed by atoms with van der Waals surface area (Å²) in [6, 6.07) is 9.84. The Morgan fingerprint density at radius 1 is 1.24 bits per heavy atom. The van der Waals surface area contributed by atoms with Gasteiger partial charge in [-0.05, 0) is 25.0 Å². The number of aromatic nitrogens is 1. The number of methoxy groups -OCH3 is 1. The number of benzene rings is 1. The zero-order valence-electron chi connectivity index (χ0n) is 14.7. The minimum absolute atomic E-state index is 0.256. The number of nitrogens with zero attached hydrogens (tertiary/aromatic N) is 2. The summed E-state index contributed by atoms with van der Waals surface area (Å²) in [5.41, 5.74) is 2.51. The molecule has 0 bridgehead atoms. The first kappa shape index (κ1) is 17.1. The maximum Gasteiger partial charge on any atom is 0.214 e. The van der Waals surface area contributed by atoms with Crippen LogP contribution in [0.15, 0.2) is 36.5 Å². The number of ether oxygens (including phenoxy) is 1. The number of hydrogen-bond acceptors (Lipinski definition) is 5. The van der Waals surface area contributed by atoms with Crippen molar-refractivity contribution >= 4 is 29.3 Å². The zero-order valence-corrected chi connectivity index (χ0v) is 14.7. The molecule has 25 heavy (non-hydrogen) atoms. The summed E-state index contributed by atoms with van der Waals surface area (Å²) < 4.78 is 5.37. The maximum atomic E-state index is 11.8. The summed E-state index contributed by atoms with van der Waals surface area (Å²) in [5.74, 6) is 1.41. The minimum atomic E-state index is 0.256. The average molecular weight is 340 g/mol. The fourth-order valence-corrected chi connectivity index (χ4v) is 3.33. The van der Waals surface area contributed by atoms with Crippen LogP contribution in [0.1, 0.15) is 25.7 Å². The van der Waals surface area contributed by atoms with Crippen LogP contribution in [-0.4, -0.2) is 31.6 Å². The first-order chi connectivity index (χ1) is 12.3. The van der Waals surface area contributed by atoms with Gasteiger partial charge >= 0.3 is 0 Å². The SMILES string of the molecule is CNc1cnc(Nc2ccccc2OC)cc1N(C=O)C1CCCC1. The summed E-state index contributed by atoms with van der Waals surface area (Å²) in [6.07, 6.45) is 7.10. The highest BCUT2D eigenvalue weighted by Gasteiger charge is 2.24. The molecule has 132 valence electrons. The Morgan fingerprint density at radius 2 is 2.00 bits per heavy atom. The van der Waals surface area contributed by atoms with Crippen LogP contribution < -0.4 is 20.3 Å². The maximum absolute atomic E-state index is 11.8. The predicted molar refractivity (Wildman–Crippen MR) is 101 cm³/mol. The van der Waals surface area contributed by atoms with E-state index in [9.17, 15) is 4.79 Å². The fourth-order valence-electron chi connectivity index (χ4n) is 3.33. The first-order valence-electron chi connectivity index (χ1n) is 8.58. The molecule has 1 amide bonds. The highest BCUT2D eigenvalue weighted by molar-refractivity contribution is 5.86. The quantitative estimate of drug-likeness (QED) is 0.751. The lowest BCUT2D eigenvalue weighted by Gasteiger charge is -2.27. The van der Waals surface area contributed by atoms with Crippen LogP contribution >= 0.6 is 0 Å². The van der Waals surface area contributed by atoms with Crippen molar-refractivity contribution in [1.29, 1.82) is 0 Å². The van der Waals surface area contributed by atoms with Crippen LogP contribution in [0.2, 0.25) is 0 Å². The van der Waals surface area contributed by atoms with Gasteiger partial charge in [-0.2, -0.15) is 0 Å². The van der Waals surface area contributed by atoms with Gasteiger partial charge < -0.3 is 20.3 Å². The molecule has 0 spiro atoms. The van der Waals surface area contributed by atoms with Gasteiger partial charge in [0.05, 0.1) is 30.4 Å². The zero-order chi connectivity index (χ0) is 17.6. The summed E-state index contributed by atoms with van der Waals surface area (Å²) in [4.78, 5) is 18.0. The van der Waals surface area contributed by atoms with Crippen molar-refractivity contribution in [2.75, 3.05) is 29.7 Å². The summed E-state index contributed by atoms with van der Waals surface area (Å²) in [7, 11) is 3.48. The van der Waals surface area contributed by atoms with E-state index in [1.165, 1.54) is 12.8 Å². The van der Waals surface area contributed by atoms with E-state index in [-0.39, 0.29) is 6.04 Å². The number of carbonyl (C=O) groups is 1. The third-order valence-electron chi connectivity index (χ3n) is 4.63. The van der Waals surface area contributed by atoms with Crippen molar-refractivity contribution in [1.82, 2.24) is 4.98 Å². The van der Waals surface area contributed by atoms with Crippen LogP contribution in [0.3, 0.4) is 0 Å². The number of anilines is 4. The molecular weight excluding hydrogens is 316 g/mol. The standard InChI is InChI=1S/C19H24N4O2/c1-20-16-12-21-19(22-15-9-5-6-10-18(15)25-2)11-17(16)23(13-24)14-7-3-4-8-14/h5-6,9-14,20H,3-4,7-8H2,1-2H3,(H,21,22). The summed E-state index contributed by atoms with van der Waals surface area (Å²) >= 11 is 0. The molecule has 1 aliphatic rings. The molecule has 0 aliphatic heterocycles. The van der Waals surface area contributed by atoms with Crippen molar-refractivity contribution in [3.63, 3.8) is 0 Å². The molecule has 2 N–H and O–H groups in total. The Morgan fingerprint density at radius 3 is 2.68 bits per heavy atom. The molecule has 0 unspecified atom stereocenters.